The Balaban J connectivity index is 2.06. The summed E-state index contributed by atoms with van der Waals surface area (Å²) in [7, 11) is 0. The van der Waals surface area contributed by atoms with Gasteiger partial charge in [-0.1, -0.05) is 6.92 Å². The SMILES string of the molecule is C[C@H]1CCC(F)(F)C[C@H]1c1nnc2c(N)ncnn12. The highest BCUT2D eigenvalue weighted by Gasteiger charge is 2.42. The summed E-state index contributed by atoms with van der Waals surface area (Å²) in [5, 5.41) is 11.9. The molecule has 0 aromatic carbocycles. The van der Waals surface area contributed by atoms with Crippen molar-refractivity contribution in [3.05, 3.63) is 12.2 Å². The normalized spacial score (nSPS) is 26.7. The minimum atomic E-state index is -2.65. The van der Waals surface area contributed by atoms with Crippen LogP contribution in [0.25, 0.3) is 5.65 Å². The summed E-state index contributed by atoms with van der Waals surface area (Å²) >= 11 is 0. The Labute approximate surface area is 108 Å². The molecule has 0 bridgehead atoms. The van der Waals surface area contributed by atoms with Crippen LogP contribution in [0.4, 0.5) is 14.6 Å². The standard InChI is InChI=1S/C11H14F2N6/c1-6-2-3-11(12,13)4-7(6)9-17-18-10-8(14)15-5-16-19(9)10/h5-7H,2-4H2,1H3,(H2,14,15,16)/t6-,7+/m0/s1. The van der Waals surface area contributed by atoms with E-state index in [9.17, 15) is 8.78 Å². The van der Waals surface area contributed by atoms with Gasteiger partial charge in [0.2, 0.25) is 11.6 Å². The molecule has 1 fully saturated rings. The fourth-order valence-electron chi connectivity index (χ4n) is 2.60. The van der Waals surface area contributed by atoms with Crippen LogP contribution >= 0.6 is 0 Å². The lowest BCUT2D eigenvalue weighted by atomic mass is 9.78. The van der Waals surface area contributed by atoms with Gasteiger partial charge in [0.1, 0.15) is 6.33 Å². The molecule has 0 aliphatic heterocycles. The Morgan fingerprint density at radius 3 is 3.00 bits per heavy atom. The highest BCUT2D eigenvalue weighted by Crippen LogP contribution is 2.44. The molecular formula is C11H14F2N6. The smallest absolute Gasteiger partial charge is 0.248 e. The highest BCUT2D eigenvalue weighted by molar-refractivity contribution is 5.57. The van der Waals surface area contributed by atoms with E-state index in [1.54, 1.807) is 0 Å². The van der Waals surface area contributed by atoms with Crippen molar-refractivity contribution < 1.29 is 8.78 Å². The molecule has 1 saturated carbocycles. The number of anilines is 1. The van der Waals surface area contributed by atoms with Crippen molar-refractivity contribution in [2.24, 2.45) is 5.92 Å². The van der Waals surface area contributed by atoms with Crippen LogP contribution < -0.4 is 5.73 Å². The third-order valence-electron chi connectivity index (χ3n) is 3.76. The average molecular weight is 268 g/mol. The van der Waals surface area contributed by atoms with Crippen molar-refractivity contribution in [3.63, 3.8) is 0 Å². The molecule has 3 rings (SSSR count). The maximum Gasteiger partial charge on any atom is 0.248 e. The molecule has 0 radical (unpaired) electrons. The predicted octanol–water partition coefficient (Wildman–Crippen LogP) is 1.64. The number of nitrogens with two attached hydrogens (primary N) is 1. The van der Waals surface area contributed by atoms with Gasteiger partial charge in [-0.2, -0.15) is 9.61 Å². The van der Waals surface area contributed by atoms with Crippen LogP contribution in [0.2, 0.25) is 0 Å². The zero-order valence-electron chi connectivity index (χ0n) is 10.4. The summed E-state index contributed by atoms with van der Waals surface area (Å²) in [6.07, 6.45) is 1.45. The van der Waals surface area contributed by atoms with Crippen molar-refractivity contribution in [1.29, 1.82) is 0 Å². The van der Waals surface area contributed by atoms with Gasteiger partial charge in [-0.15, -0.1) is 10.2 Å². The number of nitrogen functional groups attached to an aromatic ring is 1. The molecule has 1 aliphatic carbocycles. The molecule has 2 aromatic heterocycles. The third-order valence-corrected chi connectivity index (χ3v) is 3.76. The van der Waals surface area contributed by atoms with E-state index in [2.05, 4.69) is 20.3 Å². The zero-order valence-corrected chi connectivity index (χ0v) is 10.4. The van der Waals surface area contributed by atoms with Crippen molar-refractivity contribution >= 4 is 11.5 Å². The number of halogens is 2. The minimum Gasteiger partial charge on any atom is -0.380 e. The van der Waals surface area contributed by atoms with E-state index in [1.165, 1.54) is 10.8 Å². The Morgan fingerprint density at radius 1 is 1.42 bits per heavy atom. The number of aromatic nitrogens is 5. The van der Waals surface area contributed by atoms with Crippen LogP contribution in [0.3, 0.4) is 0 Å². The molecule has 0 saturated heterocycles. The number of rotatable bonds is 1. The van der Waals surface area contributed by atoms with E-state index in [1.807, 2.05) is 6.92 Å². The number of hydrogen-bond donors (Lipinski definition) is 1. The molecule has 2 N–H and O–H groups in total. The lowest BCUT2D eigenvalue weighted by molar-refractivity contribution is -0.0539. The van der Waals surface area contributed by atoms with Gasteiger partial charge in [-0.3, -0.25) is 0 Å². The second-order valence-corrected chi connectivity index (χ2v) is 5.12. The van der Waals surface area contributed by atoms with E-state index in [4.69, 9.17) is 5.73 Å². The fourth-order valence-corrected chi connectivity index (χ4v) is 2.60. The lowest BCUT2D eigenvalue weighted by Gasteiger charge is -2.32. The van der Waals surface area contributed by atoms with Gasteiger partial charge in [0, 0.05) is 18.8 Å². The van der Waals surface area contributed by atoms with Crippen molar-refractivity contribution in [1.82, 2.24) is 24.8 Å². The number of nitrogens with zero attached hydrogens (tertiary/aromatic N) is 5. The van der Waals surface area contributed by atoms with E-state index in [-0.39, 0.29) is 30.5 Å². The summed E-state index contributed by atoms with van der Waals surface area (Å²) in [6, 6.07) is 0. The van der Waals surface area contributed by atoms with Crippen LogP contribution in [0.1, 0.15) is 37.9 Å². The van der Waals surface area contributed by atoms with Gasteiger partial charge in [0.15, 0.2) is 11.6 Å². The Kier molecular flexibility index (Phi) is 2.61. The molecule has 8 heteroatoms. The van der Waals surface area contributed by atoms with E-state index < -0.39 is 5.92 Å². The van der Waals surface area contributed by atoms with Crippen molar-refractivity contribution in [2.45, 2.75) is 38.0 Å². The third kappa shape index (κ3) is 2.00. The van der Waals surface area contributed by atoms with Gasteiger partial charge in [-0.25, -0.2) is 13.8 Å². The maximum absolute atomic E-state index is 13.6. The van der Waals surface area contributed by atoms with Gasteiger partial charge in [-0.05, 0) is 12.3 Å². The zero-order chi connectivity index (χ0) is 13.6. The molecule has 6 nitrogen and oxygen atoms in total. The van der Waals surface area contributed by atoms with Gasteiger partial charge in [0.05, 0.1) is 0 Å². The first kappa shape index (κ1) is 12.2. The quantitative estimate of drug-likeness (QED) is 0.850. The van der Waals surface area contributed by atoms with Crippen LogP contribution in [0, 0.1) is 5.92 Å². The molecule has 2 aromatic rings. The van der Waals surface area contributed by atoms with Crippen molar-refractivity contribution in [2.75, 3.05) is 5.73 Å². The van der Waals surface area contributed by atoms with Crippen LogP contribution in [-0.2, 0) is 0 Å². The topological polar surface area (TPSA) is 82.0 Å². The molecular weight excluding hydrogens is 254 g/mol. The summed E-state index contributed by atoms with van der Waals surface area (Å²) in [6.45, 7) is 1.95. The second-order valence-electron chi connectivity index (χ2n) is 5.12. The first-order valence-electron chi connectivity index (χ1n) is 6.17. The van der Waals surface area contributed by atoms with E-state index in [0.717, 1.165) is 0 Å². The molecule has 0 unspecified atom stereocenters. The Morgan fingerprint density at radius 2 is 2.21 bits per heavy atom. The number of hydrogen-bond acceptors (Lipinski definition) is 5. The van der Waals surface area contributed by atoms with E-state index >= 15 is 0 Å². The van der Waals surface area contributed by atoms with Crippen LogP contribution in [-0.4, -0.2) is 30.7 Å². The van der Waals surface area contributed by atoms with Crippen molar-refractivity contribution in [3.8, 4) is 0 Å². The number of fused-ring (bicyclic) bond motifs is 1. The largest absolute Gasteiger partial charge is 0.380 e. The Hall–Kier alpha value is -1.86. The molecule has 0 spiro atoms. The summed E-state index contributed by atoms with van der Waals surface area (Å²) < 4.78 is 28.6. The summed E-state index contributed by atoms with van der Waals surface area (Å²) in [5.74, 6) is -2.27. The minimum absolute atomic E-state index is 0.0709. The first-order valence-corrected chi connectivity index (χ1v) is 6.17. The molecule has 19 heavy (non-hydrogen) atoms. The molecule has 1 aliphatic rings. The summed E-state index contributed by atoms with van der Waals surface area (Å²) in [4.78, 5) is 3.81. The van der Waals surface area contributed by atoms with Gasteiger partial charge in [0.25, 0.3) is 0 Å². The molecule has 102 valence electrons. The predicted molar refractivity (Wildman–Crippen MR) is 63.7 cm³/mol. The summed E-state index contributed by atoms with van der Waals surface area (Å²) in [5.41, 5.74) is 5.98. The first-order chi connectivity index (χ1) is 8.98. The van der Waals surface area contributed by atoms with Crippen LogP contribution in [0.15, 0.2) is 6.33 Å². The van der Waals surface area contributed by atoms with Crippen LogP contribution in [0.5, 0.6) is 0 Å². The van der Waals surface area contributed by atoms with E-state index in [0.29, 0.717) is 17.9 Å². The lowest BCUT2D eigenvalue weighted by Crippen LogP contribution is -2.31. The van der Waals surface area contributed by atoms with Gasteiger partial charge < -0.3 is 5.73 Å². The van der Waals surface area contributed by atoms with Gasteiger partial charge >= 0.3 is 0 Å². The maximum atomic E-state index is 13.6. The second kappa shape index (κ2) is 4.07. The molecule has 0 amide bonds. The highest BCUT2D eigenvalue weighted by atomic mass is 19.3. The fraction of sp³-hybridized carbons (Fsp3) is 0.636. The Bertz CT molecular complexity index is 610. The monoisotopic (exact) mass is 268 g/mol. The number of alkyl halides is 2. The average Bonchev–Trinajstić information content (AvgIpc) is 2.78. The molecule has 2 atom stereocenters. The molecule has 2 heterocycles.